The van der Waals surface area contributed by atoms with Crippen molar-refractivity contribution in [1.29, 1.82) is 0 Å². The summed E-state index contributed by atoms with van der Waals surface area (Å²) in [4.78, 5) is 9.61. The molecule has 2 aromatic heterocycles. The van der Waals surface area contributed by atoms with Crippen molar-refractivity contribution >= 4 is 11.0 Å². The van der Waals surface area contributed by atoms with Crippen LogP contribution in [0.1, 0.15) is 5.56 Å². The maximum absolute atomic E-state index is 5.65. The summed E-state index contributed by atoms with van der Waals surface area (Å²) in [6.45, 7) is 3.57. The van der Waals surface area contributed by atoms with Gasteiger partial charge in [0.05, 0.1) is 0 Å². The van der Waals surface area contributed by atoms with Crippen LogP contribution < -0.4 is 4.74 Å². The minimum atomic E-state index is 0.660. The molecule has 2 rings (SSSR count). The van der Waals surface area contributed by atoms with E-state index in [2.05, 4.69) is 20.9 Å². The second-order valence-corrected chi connectivity index (χ2v) is 4.18. The van der Waals surface area contributed by atoms with Crippen LogP contribution in [-0.4, -0.2) is 42.1 Å². The van der Waals surface area contributed by atoms with Crippen LogP contribution >= 0.6 is 0 Å². The number of likely N-dealkylation sites (N-methyl/N-ethyl adjacent to an activating group) is 1. The Morgan fingerprint density at radius 1 is 1.44 bits per heavy atom. The number of ether oxygens (including phenoxy) is 1. The van der Waals surface area contributed by atoms with E-state index in [1.165, 1.54) is 0 Å². The summed E-state index contributed by atoms with van der Waals surface area (Å²) in [6.07, 6.45) is 1.89. The lowest BCUT2D eigenvalue weighted by molar-refractivity contribution is 0.253. The number of nitrogens with one attached hydrogen (secondary N) is 1. The molecule has 0 bridgehead atoms. The molecule has 4 heteroatoms. The molecular weight excluding hydrogens is 202 g/mol. The Morgan fingerprint density at radius 3 is 3.00 bits per heavy atom. The van der Waals surface area contributed by atoms with Gasteiger partial charge in [0.1, 0.15) is 12.3 Å². The zero-order valence-electron chi connectivity index (χ0n) is 9.95. The van der Waals surface area contributed by atoms with E-state index in [1.54, 1.807) is 0 Å². The third kappa shape index (κ3) is 2.33. The van der Waals surface area contributed by atoms with Crippen molar-refractivity contribution < 1.29 is 4.74 Å². The highest BCUT2D eigenvalue weighted by molar-refractivity contribution is 5.76. The molecule has 0 atom stereocenters. The zero-order chi connectivity index (χ0) is 11.5. The summed E-state index contributed by atoms with van der Waals surface area (Å²) in [5.41, 5.74) is 1.95. The number of aromatic amines is 1. The number of aromatic nitrogens is 2. The van der Waals surface area contributed by atoms with Crippen molar-refractivity contribution in [2.45, 2.75) is 6.92 Å². The Morgan fingerprint density at radius 2 is 2.25 bits per heavy atom. The number of hydrogen-bond acceptors (Lipinski definition) is 3. The molecule has 0 unspecified atom stereocenters. The lowest BCUT2D eigenvalue weighted by Crippen LogP contribution is -2.19. The molecule has 2 heterocycles. The van der Waals surface area contributed by atoms with E-state index >= 15 is 0 Å². The number of H-pyrrole nitrogens is 1. The van der Waals surface area contributed by atoms with Gasteiger partial charge in [-0.15, -0.1) is 0 Å². The Bertz CT molecular complexity index is 476. The minimum absolute atomic E-state index is 0.660. The van der Waals surface area contributed by atoms with Gasteiger partial charge in [0.15, 0.2) is 0 Å². The third-order valence-corrected chi connectivity index (χ3v) is 2.46. The van der Waals surface area contributed by atoms with Crippen LogP contribution in [0.25, 0.3) is 11.0 Å². The van der Waals surface area contributed by atoms with Crippen LogP contribution in [0, 0.1) is 6.92 Å². The summed E-state index contributed by atoms with van der Waals surface area (Å²) < 4.78 is 5.65. The Labute approximate surface area is 95.2 Å². The van der Waals surface area contributed by atoms with Crippen LogP contribution in [0.5, 0.6) is 5.88 Å². The van der Waals surface area contributed by atoms with Crippen molar-refractivity contribution in [3.8, 4) is 5.88 Å². The van der Waals surface area contributed by atoms with E-state index in [1.807, 2.05) is 33.3 Å². The van der Waals surface area contributed by atoms with Crippen molar-refractivity contribution in [2.24, 2.45) is 0 Å². The van der Waals surface area contributed by atoms with E-state index in [4.69, 9.17) is 4.74 Å². The quantitative estimate of drug-likeness (QED) is 0.852. The molecule has 0 amide bonds. The monoisotopic (exact) mass is 219 g/mol. The lowest BCUT2D eigenvalue weighted by Gasteiger charge is -2.11. The van der Waals surface area contributed by atoms with Gasteiger partial charge in [0.2, 0.25) is 5.88 Å². The van der Waals surface area contributed by atoms with Gasteiger partial charge in [0.25, 0.3) is 0 Å². The molecule has 16 heavy (non-hydrogen) atoms. The first kappa shape index (κ1) is 11.0. The number of aryl methyl sites for hydroxylation is 1. The Kier molecular flexibility index (Phi) is 3.10. The highest BCUT2D eigenvalue weighted by Crippen LogP contribution is 2.20. The lowest BCUT2D eigenvalue weighted by atomic mass is 10.2. The normalized spacial score (nSPS) is 11.2. The topological polar surface area (TPSA) is 41.1 Å². The van der Waals surface area contributed by atoms with Crippen LogP contribution in [0.15, 0.2) is 18.3 Å². The molecule has 0 aliphatic carbocycles. The molecule has 0 spiro atoms. The second kappa shape index (κ2) is 4.53. The summed E-state index contributed by atoms with van der Waals surface area (Å²) >= 11 is 0. The molecule has 0 fully saturated rings. The fraction of sp³-hybridized carbons (Fsp3) is 0.417. The van der Waals surface area contributed by atoms with Gasteiger partial charge < -0.3 is 14.6 Å². The predicted octanol–water partition coefficient (Wildman–Crippen LogP) is 1.81. The van der Waals surface area contributed by atoms with Crippen LogP contribution in [0.3, 0.4) is 0 Å². The minimum Gasteiger partial charge on any atom is -0.476 e. The maximum Gasteiger partial charge on any atom is 0.218 e. The SMILES string of the molecule is Cc1cc2cc[nH]c2nc1OCCN(C)C. The summed E-state index contributed by atoms with van der Waals surface area (Å²) in [5, 5.41) is 1.12. The fourth-order valence-electron chi connectivity index (χ4n) is 1.54. The van der Waals surface area contributed by atoms with E-state index in [0.717, 1.165) is 29.0 Å². The van der Waals surface area contributed by atoms with Crippen LogP contribution in [0.4, 0.5) is 0 Å². The molecule has 0 aliphatic rings. The molecule has 0 saturated carbocycles. The van der Waals surface area contributed by atoms with E-state index in [-0.39, 0.29) is 0 Å². The number of nitrogens with zero attached hydrogens (tertiary/aromatic N) is 2. The van der Waals surface area contributed by atoms with Crippen molar-refractivity contribution in [1.82, 2.24) is 14.9 Å². The second-order valence-electron chi connectivity index (χ2n) is 4.18. The van der Waals surface area contributed by atoms with Gasteiger partial charge in [-0.1, -0.05) is 0 Å². The predicted molar refractivity (Wildman–Crippen MR) is 64.9 cm³/mol. The van der Waals surface area contributed by atoms with Gasteiger partial charge >= 0.3 is 0 Å². The first-order chi connectivity index (χ1) is 7.66. The van der Waals surface area contributed by atoms with Crippen molar-refractivity contribution in [3.05, 3.63) is 23.9 Å². The summed E-state index contributed by atoms with van der Waals surface area (Å²) in [5.74, 6) is 0.719. The van der Waals surface area contributed by atoms with E-state index in [9.17, 15) is 0 Å². The Hall–Kier alpha value is -1.55. The van der Waals surface area contributed by atoms with E-state index in [0.29, 0.717) is 6.61 Å². The summed E-state index contributed by atoms with van der Waals surface area (Å²) in [7, 11) is 4.05. The molecule has 2 aromatic rings. The van der Waals surface area contributed by atoms with Gasteiger partial charge in [-0.05, 0) is 33.2 Å². The highest BCUT2D eigenvalue weighted by atomic mass is 16.5. The number of fused-ring (bicyclic) bond motifs is 1. The highest BCUT2D eigenvalue weighted by Gasteiger charge is 2.05. The molecule has 0 aromatic carbocycles. The molecule has 0 aliphatic heterocycles. The number of pyridine rings is 1. The largest absolute Gasteiger partial charge is 0.476 e. The van der Waals surface area contributed by atoms with E-state index < -0.39 is 0 Å². The van der Waals surface area contributed by atoms with Gasteiger partial charge in [0, 0.05) is 23.7 Å². The van der Waals surface area contributed by atoms with Crippen LogP contribution in [0.2, 0.25) is 0 Å². The van der Waals surface area contributed by atoms with Crippen molar-refractivity contribution in [2.75, 3.05) is 27.2 Å². The zero-order valence-corrected chi connectivity index (χ0v) is 9.95. The Balaban J connectivity index is 2.13. The van der Waals surface area contributed by atoms with Crippen molar-refractivity contribution in [3.63, 3.8) is 0 Å². The fourth-order valence-corrected chi connectivity index (χ4v) is 1.54. The van der Waals surface area contributed by atoms with Crippen LogP contribution in [-0.2, 0) is 0 Å². The average Bonchev–Trinajstić information content (AvgIpc) is 2.64. The smallest absolute Gasteiger partial charge is 0.218 e. The molecule has 4 nitrogen and oxygen atoms in total. The third-order valence-electron chi connectivity index (χ3n) is 2.46. The summed E-state index contributed by atoms with van der Waals surface area (Å²) in [6, 6.07) is 4.10. The molecule has 86 valence electrons. The first-order valence-corrected chi connectivity index (χ1v) is 5.39. The number of rotatable bonds is 4. The number of hydrogen-bond donors (Lipinski definition) is 1. The molecule has 0 radical (unpaired) electrons. The van der Waals surface area contributed by atoms with Gasteiger partial charge in [-0.3, -0.25) is 0 Å². The first-order valence-electron chi connectivity index (χ1n) is 5.39. The standard InChI is InChI=1S/C12H17N3O/c1-9-8-10-4-5-13-11(10)14-12(9)16-7-6-15(2)3/h4-5,8H,6-7H2,1-3H3,(H,13,14). The molecular formula is C12H17N3O. The average molecular weight is 219 g/mol. The maximum atomic E-state index is 5.65. The molecule has 0 saturated heterocycles. The van der Waals surface area contributed by atoms with Gasteiger partial charge in [-0.25, -0.2) is 0 Å². The molecule has 1 N–H and O–H groups in total. The van der Waals surface area contributed by atoms with Gasteiger partial charge in [-0.2, -0.15) is 4.98 Å².